The predicted octanol–water partition coefficient (Wildman–Crippen LogP) is 8.85. The van der Waals surface area contributed by atoms with Crippen molar-refractivity contribution in [3.63, 3.8) is 0 Å². The summed E-state index contributed by atoms with van der Waals surface area (Å²) >= 11 is 0. The van der Waals surface area contributed by atoms with Crippen LogP contribution in [0.1, 0.15) is 133 Å². The molecule has 0 aliphatic carbocycles. The molecule has 30 heavy (non-hydrogen) atoms. The first-order valence-electron chi connectivity index (χ1n) is 13.0. The molecule has 0 N–H and O–H groups in total. The molecule has 0 fully saturated rings. The zero-order chi connectivity index (χ0) is 23.2. The number of ether oxygens (including phenoxy) is 1. The van der Waals surface area contributed by atoms with Crippen molar-refractivity contribution in [2.75, 3.05) is 6.54 Å². The summed E-state index contributed by atoms with van der Waals surface area (Å²) in [6.45, 7) is 20.6. The van der Waals surface area contributed by atoms with Crippen molar-refractivity contribution in [3.8, 4) is 0 Å². The first kappa shape index (κ1) is 29.3. The van der Waals surface area contributed by atoms with Crippen LogP contribution in [0.25, 0.3) is 0 Å². The average molecular weight is 426 g/mol. The van der Waals surface area contributed by atoms with Gasteiger partial charge in [-0.1, -0.05) is 92.9 Å². The number of hydrogen-bond acceptors (Lipinski definition) is 2. The second-order valence-corrected chi connectivity index (χ2v) is 11.0. The first-order valence-corrected chi connectivity index (χ1v) is 13.0. The molecule has 0 aromatic heterocycles. The zero-order valence-corrected chi connectivity index (χ0v) is 22.1. The summed E-state index contributed by atoms with van der Waals surface area (Å²) in [7, 11) is 0. The number of unbranched alkanes of at least 4 members (excludes halogenated alkanes) is 6. The van der Waals surface area contributed by atoms with Gasteiger partial charge in [-0.2, -0.15) is 0 Å². The Kier molecular flexibility index (Phi) is 15.6. The smallest absolute Gasteiger partial charge is 0.410 e. The molecule has 0 aliphatic rings. The number of amides is 1. The summed E-state index contributed by atoms with van der Waals surface area (Å²) in [5.74, 6) is 1.46. The summed E-state index contributed by atoms with van der Waals surface area (Å²) in [4.78, 5) is 15.3. The van der Waals surface area contributed by atoms with E-state index in [0.717, 1.165) is 13.0 Å². The second-order valence-electron chi connectivity index (χ2n) is 11.0. The lowest BCUT2D eigenvalue weighted by atomic mass is 9.90. The molecule has 0 bridgehead atoms. The fraction of sp³-hybridized carbons (Fsp3) is 0.963. The Hall–Kier alpha value is -0.730. The third-order valence-electron chi connectivity index (χ3n) is 6.21. The maximum Gasteiger partial charge on any atom is 0.410 e. The van der Waals surface area contributed by atoms with Gasteiger partial charge >= 0.3 is 6.09 Å². The zero-order valence-electron chi connectivity index (χ0n) is 22.1. The molecule has 0 rings (SSSR count). The molecule has 3 nitrogen and oxygen atoms in total. The topological polar surface area (TPSA) is 29.5 Å². The fourth-order valence-corrected chi connectivity index (χ4v) is 4.64. The van der Waals surface area contributed by atoms with Crippen molar-refractivity contribution in [1.82, 2.24) is 4.90 Å². The molecule has 1 atom stereocenters. The van der Waals surface area contributed by atoms with Gasteiger partial charge in [-0.25, -0.2) is 4.79 Å². The highest BCUT2D eigenvalue weighted by Gasteiger charge is 2.34. The van der Waals surface area contributed by atoms with Crippen molar-refractivity contribution >= 4 is 6.09 Å². The van der Waals surface area contributed by atoms with E-state index in [1.165, 1.54) is 64.2 Å². The molecular weight excluding hydrogens is 370 g/mol. The first-order chi connectivity index (χ1) is 14.0. The van der Waals surface area contributed by atoms with E-state index in [1.807, 2.05) is 4.90 Å². The Morgan fingerprint density at radius 2 is 1.30 bits per heavy atom. The van der Waals surface area contributed by atoms with Gasteiger partial charge in [-0.15, -0.1) is 0 Å². The van der Waals surface area contributed by atoms with Crippen LogP contribution in [-0.2, 0) is 4.74 Å². The van der Waals surface area contributed by atoms with E-state index in [9.17, 15) is 4.79 Å². The lowest BCUT2D eigenvalue weighted by molar-refractivity contribution is 0.00690. The van der Waals surface area contributed by atoms with Crippen LogP contribution in [0.2, 0.25) is 0 Å². The van der Waals surface area contributed by atoms with E-state index in [0.29, 0.717) is 17.8 Å². The van der Waals surface area contributed by atoms with Crippen molar-refractivity contribution < 1.29 is 9.53 Å². The minimum absolute atomic E-state index is 0.00901. The van der Waals surface area contributed by atoms with E-state index in [2.05, 4.69) is 62.3 Å². The molecule has 0 aromatic carbocycles. The van der Waals surface area contributed by atoms with Crippen molar-refractivity contribution in [3.05, 3.63) is 0 Å². The predicted molar refractivity (Wildman–Crippen MR) is 132 cm³/mol. The van der Waals surface area contributed by atoms with Gasteiger partial charge in [0.1, 0.15) is 6.10 Å². The van der Waals surface area contributed by atoms with Gasteiger partial charge in [0, 0.05) is 12.1 Å². The van der Waals surface area contributed by atoms with Gasteiger partial charge in [0.15, 0.2) is 0 Å². The Balaban J connectivity index is 5.11. The summed E-state index contributed by atoms with van der Waals surface area (Å²) in [5.41, 5.74) is -0.188. The summed E-state index contributed by atoms with van der Waals surface area (Å²) in [5, 5.41) is 0. The number of rotatable bonds is 17. The minimum Gasteiger partial charge on any atom is -0.446 e. The number of carbonyl (C=O) groups excluding carboxylic acids is 1. The summed E-state index contributed by atoms with van der Waals surface area (Å²) in [6, 6.07) is 0. The fourth-order valence-electron chi connectivity index (χ4n) is 4.64. The van der Waals surface area contributed by atoms with Gasteiger partial charge in [-0.05, 0) is 57.8 Å². The maximum absolute atomic E-state index is 13.3. The van der Waals surface area contributed by atoms with E-state index in [1.54, 1.807) is 0 Å². The molecule has 1 unspecified atom stereocenters. The highest BCUT2D eigenvalue weighted by atomic mass is 16.6. The second kappa shape index (κ2) is 16.0. The van der Waals surface area contributed by atoms with Crippen LogP contribution in [0.5, 0.6) is 0 Å². The Morgan fingerprint density at radius 3 is 1.70 bits per heavy atom. The monoisotopic (exact) mass is 425 g/mol. The van der Waals surface area contributed by atoms with Crippen LogP contribution in [0.15, 0.2) is 0 Å². The molecule has 0 saturated carbocycles. The SMILES string of the molecule is CCCCCCC(CCCCCC)C(C)OC(=O)N(CC(C)C)C(C)(C)CC(C)C. The van der Waals surface area contributed by atoms with Crippen LogP contribution in [0.3, 0.4) is 0 Å². The van der Waals surface area contributed by atoms with Crippen LogP contribution in [-0.4, -0.2) is 29.2 Å². The molecule has 0 heterocycles. The molecule has 0 spiro atoms. The minimum atomic E-state index is -0.188. The van der Waals surface area contributed by atoms with Crippen molar-refractivity contribution in [2.24, 2.45) is 17.8 Å². The van der Waals surface area contributed by atoms with Gasteiger partial charge in [-0.3, -0.25) is 0 Å². The van der Waals surface area contributed by atoms with E-state index < -0.39 is 0 Å². The largest absolute Gasteiger partial charge is 0.446 e. The third-order valence-corrected chi connectivity index (χ3v) is 6.21. The Labute approximate surface area is 189 Å². The van der Waals surface area contributed by atoms with Crippen LogP contribution < -0.4 is 0 Å². The lowest BCUT2D eigenvalue weighted by Crippen LogP contribution is -2.51. The van der Waals surface area contributed by atoms with E-state index in [4.69, 9.17) is 4.74 Å². The third kappa shape index (κ3) is 12.8. The van der Waals surface area contributed by atoms with E-state index >= 15 is 0 Å². The number of hydrogen-bond donors (Lipinski definition) is 0. The lowest BCUT2D eigenvalue weighted by Gasteiger charge is -2.41. The molecule has 1 amide bonds. The molecule has 0 aliphatic heterocycles. The Bertz CT molecular complexity index is 419. The molecule has 0 radical (unpaired) electrons. The summed E-state index contributed by atoms with van der Waals surface area (Å²) < 4.78 is 6.14. The van der Waals surface area contributed by atoms with E-state index in [-0.39, 0.29) is 17.7 Å². The van der Waals surface area contributed by atoms with Crippen molar-refractivity contribution in [2.45, 2.75) is 145 Å². The molecule has 0 aromatic rings. The highest BCUT2D eigenvalue weighted by Crippen LogP contribution is 2.28. The van der Waals surface area contributed by atoms with Gasteiger partial charge in [0.2, 0.25) is 0 Å². The van der Waals surface area contributed by atoms with Crippen LogP contribution in [0.4, 0.5) is 4.79 Å². The summed E-state index contributed by atoms with van der Waals surface area (Å²) in [6.07, 6.45) is 13.5. The normalized spacial score (nSPS) is 13.3. The van der Waals surface area contributed by atoms with Gasteiger partial charge < -0.3 is 9.64 Å². The molecule has 0 saturated heterocycles. The molecule has 3 heteroatoms. The number of carbonyl (C=O) groups is 1. The van der Waals surface area contributed by atoms with Crippen molar-refractivity contribution in [1.29, 1.82) is 0 Å². The maximum atomic E-state index is 13.3. The quantitative estimate of drug-likeness (QED) is 0.218. The average Bonchev–Trinajstić information content (AvgIpc) is 2.63. The standard InChI is InChI=1S/C27H55NO2/c1-10-12-14-16-18-25(19-17-15-13-11-2)24(7)30-26(29)28(21-23(5)6)27(8,9)20-22(3)4/h22-25H,10-21H2,1-9H3. The highest BCUT2D eigenvalue weighted by molar-refractivity contribution is 5.69. The van der Waals surface area contributed by atoms with Crippen LogP contribution >= 0.6 is 0 Å². The Morgan fingerprint density at radius 1 is 0.800 bits per heavy atom. The van der Waals surface area contributed by atoms with Crippen LogP contribution in [0, 0.1) is 17.8 Å². The molecular formula is C27H55NO2. The molecule has 180 valence electrons. The van der Waals surface area contributed by atoms with Gasteiger partial charge in [0.05, 0.1) is 0 Å². The van der Waals surface area contributed by atoms with Gasteiger partial charge in [0.25, 0.3) is 0 Å². The number of nitrogens with zero attached hydrogens (tertiary/aromatic N) is 1.